The van der Waals surface area contributed by atoms with Crippen molar-refractivity contribution in [1.29, 1.82) is 0 Å². The first-order valence-corrected chi connectivity index (χ1v) is 13.1. The lowest BCUT2D eigenvalue weighted by Gasteiger charge is -2.20. The van der Waals surface area contributed by atoms with Gasteiger partial charge in [0.05, 0.1) is 22.2 Å². The third kappa shape index (κ3) is 11.1. The van der Waals surface area contributed by atoms with Gasteiger partial charge >= 0.3 is 12.4 Å². The molecular formula is C24H25ClF7N3O3S. The van der Waals surface area contributed by atoms with Gasteiger partial charge in [-0.05, 0) is 55.2 Å². The average Bonchev–Trinajstić information content (AvgIpc) is 2.85. The van der Waals surface area contributed by atoms with Crippen LogP contribution in [0.2, 0.25) is 5.02 Å². The van der Waals surface area contributed by atoms with Crippen LogP contribution in [0.25, 0.3) is 0 Å². The van der Waals surface area contributed by atoms with Gasteiger partial charge in [0.1, 0.15) is 11.6 Å². The lowest BCUT2D eigenvalue weighted by atomic mass is 10.1. The molecule has 39 heavy (non-hydrogen) atoms. The van der Waals surface area contributed by atoms with Crippen molar-refractivity contribution in [3.8, 4) is 5.75 Å². The lowest BCUT2D eigenvalue weighted by molar-refractivity contribution is -0.143. The molecule has 2 amide bonds. The predicted octanol–water partition coefficient (Wildman–Crippen LogP) is 5.75. The number of nitrogens with one attached hydrogen (secondary N) is 3. The van der Waals surface area contributed by atoms with Gasteiger partial charge in [-0.1, -0.05) is 11.6 Å². The number of halogens is 8. The summed E-state index contributed by atoms with van der Waals surface area (Å²) in [6, 6.07) is 3.51. The molecule has 2 aromatic carbocycles. The summed E-state index contributed by atoms with van der Waals surface area (Å²) in [6.45, 7) is -0.365. The topological polar surface area (TPSA) is 79.5 Å². The van der Waals surface area contributed by atoms with Crippen LogP contribution in [0.15, 0.2) is 36.4 Å². The highest BCUT2D eigenvalue weighted by Gasteiger charge is 2.37. The van der Waals surface area contributed by atoms with Gasteiger partial charge in [0.25, 0.3) is 5.91 Å². The molecule has 0 unspecified atom stereocenters. The fraction of sp³-hybridized carbons (Fsp3) is 0.417. The molecule has 0 bridgehead atoms. The average molecular weight is 604 g/mol. The minimum Gasteiger partial charge on any atom is -0.484 e. The zero-order valence-corrected chi connectivity index (χ0v) is 22.0. The number of rotatable bonds is 13. The molecule has 0 fully saturated rings. The van der Waals surface area contributed by atoms with Crippen LogP contribution < -0.4 is 20.7 Å². The highest BCUT2D eigenvalue weighted by Crippen LogP contribution is 2.37. The number of carbonyl (C=O) groups is 2. The normalized spacial score (nSPS) is 12.6. The van der Waals surface area contributed by atoms with E-state index in [0.29, 0.717) is 24.3 Å². The molecule has 2 aromatic rings. The number of thioether (sulfide) groups is 1. The molecule has 0 aliphatic rings. The first-order chi connectivity index (χ1) is 18.2. The molecule has 0 aliphatic heterocycles. The van der Waals surface area contributed by atoms with Crippen molar-refractivity contribution >= 4 is 40.9 Å². The van der Waals surface area contributed by atoms with Crippen molar-refractivity contribution in [3.63, 3.8) is 0 Å². The number of amides is 2. The van der Waals surface area contributed by atoms with Gasteiger partial charge in [0.2, 0.25) is 5.91 Å². The zero-order chi connectivity index (χ0) is 29.2. The van der Waals surface area contributed by atoms with Crippen LogP contribution in [0, 0.1) is 5.82 Å². The summed E-state index contributed by atoms with van der Waals surface area (Å²) in [5, 5.41) is 7.38. The minimum absolute atomic E-state index is 0.0191. The Balaban J connectivity index is 1.97. The van der Waals surface area contributed by atoms with E-state index in [2.05, 4.69) is 16.0 Å². The number of ether oxygens (including phenoxy) is 1. The van der Waals surface area contributed by atoms with E-state index in [1.165, 1.54) is 23.9 Å². The summed E-state index contributed by atoms with van der Waals surface area (Å²) in [4.78, 5) is 24.8. The molecular weight excluding hydrogens is 579 g/mol. The molecule has 0 saturated carbocycles. The number of benzene rings is 2. The molecule has 0 saturated heterocycles. The second kappa shape index (κ2) is 14.6. The molecule has 0 aromatic heterocycles. The van der Waals surface area contributed by atoms with Gasteiger partial charge in [-0.15, -0.1) is 0 Å². The summed E-state index contributed by atoms with van der Waals surface area (Å²) in [5.74, 6) is -1.36. The molecule has 1 atom stereocenters. The summed E-state index contributed by atoms with van der Waals surface area (Å²) < 4.78 is 97.4. The number of alkyl halides is 6. The maximum absolute atomic E-state index is 13.4. The molecule has 0 radical (unpaired) electrons. The minimum atomic E-state index is -5.06. The zero-order valence-electron chi connectivity index (χ0n) is 20.4. The van der Waals surface area contributed by atoms with Crippen LogP contribution >= 0.6 is 23.4 Å². The predicted molar refractivity (Wildman–Crippen MR) is 134 cm³/mol. The van der Waals surface area contributed by atoms with Gasteiger partial charge in [0.15, 0.2) is 6.61 Å². The van der Waals surface area contributed by atoms with Crippen molar-refractivity contribution in [2.24, 2.45) is 0 Å². The number of anilines is 1. The summed E-state index contributed by atoms with van der Waals surface area (Å²) >= 11 is 7.07. The van der Waals surface area contributed by atoms with Gasteiger partial charge in [-0.3, -0.25) is 9.59 Å². The fourth-order valence-corrected chi connectivity index (χ4v) is 3.80. The fourth-order valence-electron chi connectivity index (χ4n) is 3.23. The van der Waals surface area contributed by atoms with Gasteiger partial charge in [-0.2, -0.15) is 38.1 Å². The third-order valence-corrected chi connectivity index (χ3v) is 6.12. The van der Waals surface area contributed by atoms with Crippen LogP contribution in [0.5, 0.6) is 5.75 Å². The van der Waals surface area contributed by atoms with E-state index in [9.17, 15) is 40.3 Å². The Morgan fingerprint density at radius 1 is 1.00 bits per heavy atom. The third-order valence-electron chi connectivity index (χ3n) is 5.11. The SMILES string of the molecule is CSCCC[C@@H](NCCNC(=O)COc1ccc(Cl)c(F)c1)C(=O)Nc1cc(C(F)(F)F)cc(C(F)(F)F)c1. The monoisotopic (exact) mass is 603 g/mol. The van der Waals surface area contributed by atoms with Gasteiger partial charge in [0, 0.05) is 24.8 Å². The Kier molecular flexibility index (Phi) is 12.2. The Morgan fingerprint density at radius 2 is 1.64 bits per heavy atom. The molecule has 0 spiro atoms. The highest BCUT2D eigenvalue weighted by atomic mass is 35.5. The van der Waals surface area contributed by atoms with E-state index in [1.807, 2.05) is 6.26 Å². The van der Waals surface area contributed by atoms with Crippen LogP contribution in [0.4, 0.5) is 36.4 Å². The highest BCUT2D eigenvalue weighted by molar-refractivity contribution is 7.98. The second-order valence-electron chi connectivity index (χ2n) is 8.14. The lowest BCUT2D eigenvalue weighted by Crippen LogP contribution is -2.44. The van der Waals surface area contributed by atoms with Crippen molar-refractivity contribution in [2.45, 2.75) is 31.2 Å². The van der Waals surface area contributed by atoms with Crippen LogP contribution in [-0.2, 0) is 21.9 Å². The Bertz CT molecular complexity index is 1100. The van der Waals surface area contributed by atoms with Crippen molar-refractivity contribution in [1.82, 2.24) is 10.6 Å². The van der Waals surface area contributed by atoms with E-state index >= 15 is 0 Å². The van der Waals surface area contributed by atoms with E-state index in [-0.39, 0.29) is 36.3 Å². The number of hydrogen-bond donors (Lipinski definition) is 3. The quantitative estimate of drug-likeness (QED) is 0.201. The summed E-state index contributed by atoms with van der Waals surface area (Å²) in [7, 11) is 0. The van der Waals surface area contributed by atoms with Crippen molar-refractivity contribution in [3.05, 3.63) is 58.4 Å². The van der Waals surface area contributed by atoms with Crippen LogP contribution in [0.1, 0.15) is 24.0 Å². The first kappa shape index (κ1) is 32.5. The molecule has 15 heteroatoms. The van der Waals surface area contributed by atoms with E-state index in [4.69, 9.17) is 16.3 Å². The van der Waals surface area contributed by atoms with E-state index in [0.717, 1.165) is 6.07 Å². The number of hydrogen-bond acceptors (Lipinski definition) is 5. The largest absolute Gasteiger partial charge is 0.484 e. The summed E-state index contributed by atoms with van der Waals surface area (Å²) in [6.07, 6.45) is -7.52. The maximum Gasteiger partial charge on any atom is 0.416 e. The van der Waals surface area contributed by atoms with Crippen molar-refractivity contribution < 1.29 is 45.1 Å². The molecule has 0 heterocycles. The Hall–Kier alpha value is -2.71. The van der Waals surface area contributed by atoms with Gasteiger partial charge in [-0.25, -0.2) is 4.39 Å². The smallest absolute Gasteiger partial charge is 0.416 e. The number of carbonyl (C=O) groups excluding carboxylic acids is 2. The standard InChI is InChI=1S/C24H25ClF7N3O3S/c1-39-8-2-3-20(33-6-7-34-21(36)13-38-17-4-5-18(25)19(26)12-17)22(37)35-16-10-14(23(27,28)29)9-15(11-16)24(30,31)32/h4-5,9-12,20,33H,2-3,6-8,13H2,1H3,(H,34,36)(H,35,37)/t20-/m1/s1. The second-order valence-corrected chi connectivity index (χ2v) is 9.53. The molecule has 6 nitrogen and oxygen atoms in total. The molecule has 3 N–H and O–H groups in total. The summed E-state index contributed by atoms with van der Waals surface area (Å²) in [5.41, 5.74) is -3.75. The maximum atomic E-state index is 13.4. The van der Waals surface area contributed by atoms with E-state index < -0.39 is 59.4 Å². The van der Waals surface area contributed by atoms with Crippen molar-refractivity contribution in [2.75, 3.05) is 37.0 Å². The van der Waals surface area contributed by atoms with Gasteiger partial charge < -0.3 is 20.7 Å². The molecule has 216 valence electrons. The Labute approximate surface area is 229 Å². The first-order valence-electron chi connectivity index (χ1n) is 11.4. The van der Waals surface area contributed by atoms with Crippen LogP contribution in [-0.4, -0.2) is 49.6 Å². The molecule has 0 aliphatic carbocycles. The molecule has 2 rings (SSSR count). The van der Waals surface area contributed by atoms with E-state index in [1.54, 1.807) is 0 Å². The Morgan fingerprint density at radius 3 is 2.21 bits per heavy atom. The van der Waals surface area contributed by atoms with Crippen LogP contribution in [0.3, 0.4) is 0 Å².